The molecule has 0 unspecified atom stereocenters. The van der Waals surface area contributed by atoms with Gasteiger partial charge in [0.05, 0.1) is 26.5 Å². The number of methoxy groups -OCH3 is 2. The fraction of sp³-hybridized carbons (Fsp3) is 0.227. The van der Waals surface area contributed by atoms with Gasteiger partial charge in [-0.3, -0.25) is 10.3 Å². The minimum absolute atomic E-state index is 0.240. The smallest absolute Gasteiger partial charge is 0.321 e. The second-order valence-electron chi connectivity index (χ2n) is 7.07. The van der Waals surface area contributed by atoms with Gasteiger partial charge < -0.3 is 25.0 Å². The third-order valence-corrected chi connectivity index (χ3v) is 5.26. The number of halogens is 1. The third-order valence-electron chi connectivity index (χ3n) is 4.88. The Kier molecular flexibility index (Phi) is 6.93. The van der Waals surface area contributed by atoms with Crippen LogP contribution in [-0.2, 0) is 6.54 Å². The molecule has 2 amide bonds. The van der Waals surface area contributed by atoms with Crippen LogP contribution in [0.2, 0.25) is 5.02 Å². The zero-order chi connectivity index (χ0) is 24.1. The average molecular weight is 483 g/mol. The molecule has 1 aliphatic rings. The SMILES string of the molecule is CCNC(=O)NC1=Nc2nc(Nc3ccncc3)ncc2CN1c1cc(OC)cc(OC)c1Cl. The summed E-state index contributed by atoms with van der Waals surface area (Å²) in [5.41, 5.74) is 2.06. The van der Waals surface area contributed by atoms with Crippen LogP contribution >= 0.6 is 11.6 Å². The fourth-order valence-corrected chi connectivity index (χ4v) is 3.55. The molecule has 34 heavy (non-hydrogen) atoms. The Morgan fingerprint density at radius 3 is 2.71 bits per heavy atom. The van der Waals surface area contributed by atoms with Crippen LogP contribution in [0, 0.1) is 0 Å². The van der Waals surface area contributed by atoms with Crippen molar-refractivity contribution in [3.8, 4) is 11.5 Å². The molecule has 2 aromatic heterocycles. The number of aliphatic imine (C=N–C) groups is 1. The molecule has 0 spiro atoms. The number of hydrogen-bond donors (Lipinski definition) is 3. The standard InChI is InChI=1S/C22H23ClN8O3/c1-4-25-22(32)30-21-29-19-13(11-26-20(28-19)27-14-5-7-24-8-6-14)12-31(21)16-9-15(33-2)10-17(34-3)18(16)23/h5-11H,4,12H2,1-3H3,(H3,24,25,26,27,28,29,30,32). The van der Waals surface area contributed by atoms with E-state index in [1.165, 1.54) is 7.11 Å². The van der Waals surface area contributed by atoms with Crippen molar-refractivity contribution in [2.24, 2.45) is 4.99 Å². The Balaban J connectivity index is 1.74. The number of carbonyl (C=O) groups is 1. The number of fused-ring (bicyclic) bond motifs is 1. The Morgan fingerprint density at radius 1 is 1.21 bits per heavy atom. The maximum atomic E-state index is 12.4. The first-order valence-corrected chi connectivity index (χ1v) is 10.8. The molecule has 0 radical (unpaired) electrons. The van der Waals surface area contributed by atoms with Gasteiger partial charge in [0.15, 0.2) is 5.82 Å². The summed E-state index contributed by atoms with van der Waals surface area (Å²) in [6, 6.07) is 6.61. The molecule has 0 atom stereocenters. The number of carbonyl (C=O) groups excluding carboxylic acids is 1. The van der Waals surface area contributed by atoms with Gasteiger partial charge >= 0.3 is 6.03 Å². The van der Waals surface area contributed by atoms with Crippen molar-refractivity contribution in [2.45, 2.75) is 13.5 Å². The van der Waals surface area contributed by atoms with Crippen LogP contribution in [0.3, 0.4) is 0 Å². The zero-order valence-electron chi connectivity index (χ0n) is 18.8. The van der Waals surface area contributed by atoms with Gasteiger partial charge in [0.2, 0.25) is 11.9 Å². The first-order chi connectivity index (χ1) is 16.5. The molecular weight excluding hydrogens is 460 g/mol. The van der Waals surface area contributed by atoms with Crippen LogP contribution in [0.25, 0.3) is 0 Å². The van der Waals surface area contributed by atoms with E-state index in [0.717, 1.165) is 11.3 Å². The number of hydrogen-bond acceptors (Lipinski definition) is 9. The number of nitrogens with zero attached hydrogens (tertiary/aromatic N) is 5. The van der Waals surface area contributed by atoms with Crippen molar-refractivity contribution < 1.29 is 14.3 Å². The number of ether oxygens (including phenoxy) is 2. The zero-order valence-corrected chi connectivity index (χ0v) is 19.6. The van der Waals surface area contributed by atoms with E-state index in [1.54, 1.807) is 54.9 Å². The number of pyridine rings is 1. The van der Waals surface area contributed by atoms with E-state index in [2.05, 4.69) is 35.9 Å². The lowest BCUT2D eigenvalue weighted by molar-refractivity contribution is 0.245. The number of rotatable bonds is 6. The maximum Gasteiger partial charge on any atom is 0.321 e. The van der Waals surface area contributed by atoms with Crippen LogP contribution in [0.5, 0.6) is 11.5 Å². The largest absolute Gasteiger partial charge is 0.497 e. The normalized spacial score (nSPS) is 12.4. The third kappa shape index (κ3) is 4.94. The Bertz CT molecular complexity index is 1220. The van der Waals surface area contributed by atoms with E-state index in [1.807, 2.05) is 6.92 Å². The van der Waals surface area contributed by atoms with Crippen LogP contribution in [0.1, 0.15) is 12.5 Å². The number of aromatic nitrogens is 3. The van der Waals surface area contributed by atoms with Crippen molar-refractivity contribution in [3.63, 3.8) is 0 Å². The van der Waals surface area contributed by atoms with Crippen LogP contribution < -0.4 is 30.3 Å². The second-order valence-corrected chi connectivity index (χ2v) is 7.45. The molecule has 176 valence electrons. The lowest BCUT2D eigenvalue weighted by Crippen LogP contribution is -2.49. The minimum atomic E-state index is -0.412. The Labute approximate surface area is 201 Å². The number of amides is 2. The van der Waals surface area contributed by atoms with Gasteiger partial charge in [-0.25, -0.2) is 9.78 Å². The van der Waals surface area contributed by atoms with Crippen molar-refractivity contribution in [2.75, 3.05) is 31.0 Å². The van der Waals surface area contributed by atoms with Gasteiger partial charge in [-0.15, -0.1) is 0 Å². The number of nitrogens with one attached hydrogen (secondary N) is 3. The molecular formula is C22H23ClN8O3. The molecule has 3 aromatic rings. The van der Waals surface area contributed by atoms with Crippen molar-refractivity contribution in [1.82, 2.24) is 25.6 Å². The Morgan fingerprint density at radius 2 is 2.00 bits per heavy atom. The first-order valence-electron chi connectivity index (χ1n) is 10.4. The average Bonchev–Trinajstić information content (AvgIpc) is 2.84. The molecule has 12 heteroatoms. The minimum Gasteiger partial charge on any atom is -0.497 e. The number of urea groups is 1. The van der Waals surface area contributed by atoms with E-state index >= 15 is 0 Å². The maximum absolute atomic E-state index is 12.4. The van der Waals surface area contributed by atoms with Gasteiger partial charge in [0, 0.05) is 48.5 Å². The molecule has 0 fully saturated rings. The van der Waals surface area contributed by atoms with Crippen molar-refractivity contribution in [1.29, 1.82) is 0 Å². The summed E-state index contributed by atoms with van der Waals surface area (Å²) in [5, 5.41) is 8.93. The van der Waals surface area contributed by atoms with Gasteiger partial charge in [0.1, 0.15) is 16.5 Å². The van der Waals surface area contributed by atoms with Crippen LogP contribution in [0.4, 0.5) is 27.9 Å². The predicted octanol–water partition coefficient (Wildman–Crippen LogP) is 3.61. The molecule has 1 aromatic carbocycles. The molecule has 0 saturated heterocycles. The summed E-state index contributed by atoms with van der Waals surface area (Å²) in [6.07, 6.45) is 5.01. The quantitative estimate of drug-likeness (QED) is 0.486. The molecule has 0 aliphatic carbocycles. The first kappa shape index (κ1) is 23.1. The lowest BCUT2D eigenvalue weighted by Gasteiger charge is -2.31. The molecule has 3 heterocycles. The van der Waals surface area contributed by atoms with Crippen molar-refractivity contribution >= 4 is 46.7 Å². The number of benzene rings is 1. The monoisotopic (exact) mass is 482 g/mol. The van der Waals surface area contributed by atoms with Gasteiger partial charge in [0.25, 0.3) is 0 Å². The highest BCUT2D eigenvalue weighted by Gasteiger charge is 2.28. The second kappa shape index (κ2) is 10.2. The summed E-state index contributed by atoms with van der Waals surface area (Å²) in [7, 11) is 3.06. The van der Waals surface area contributed by atoms with Gasteiger partial charge in [-0.05, 0) is 19.1 Å². The number of guanidine groups is 1. The number of anilines is 3. The summed E-state index contributed by atoms with van der Waals surface area (Å²) in [4.78, 5) is 31.6. The topological polar surface area (TPSA) is 126 Å². The summed E-state index contributed by atoms with van der Waals surface area (Å²) >= 11 is 6.62. The van der Waals surface area contributed by atoms with Gasteiger partial charge in [-0.2, -0.15) is 9.98 Å². The molecule has 1 aliphatic heterocycles. The van der Waals surface area contributed by atoms with Crippen LogP contribution in [0.15, 0.2) is 47.8 Å². The summed E-state index contributed by atoms with van der Waals surface area (Å²) in [5.74, 6) is 1.98. The Hall–Kier alpha value is -4.12. The molecule has 0 saturated carbocycles. The highest BCUT2D eigenvalue weighted by atomic mass is 35.5. The molecule has 4 rings (SSSR count). The van der Waals surface area contributed by atoms with E-state index in [-0.39, 0.29) is 5.96 Å². The van der Waals surface area contributed by atoms with Crippen molar-refractivity contribution in [3.05, 3.63) is 53.4 Å². The molecule has 0 bridgehead atoms. The molecule has 3 N–H and O–H groups in total. The predicted molar refractivity (Wildman–Crippen MR) is 130 cm³/mol. The summed E-state index contributed by atoms with van der Waals surface area (Å²) in [6.45, 7) is 2.57. The van der Waals surface area contributed by atoms with E-state index < -0.39 is 6.03 Å². The lowest BCUT2D eigenvalue weighted by atomic mass is 10.2. The highest BCUT2D eigenvalue weighted by Crippen LogP contribution is 2.41. The van der Waals surface area contributed by atoms with E-state index in [4.69, 9.17) is 21.1 Å². The summed E-state index contributed by atoms with van der Waals surface area (Å²) < 4.78 is 10.8. The van der Waals surface area contributed by atoms with Gasteiger partial charge in [-0.1, -0.05) is 11.6 Å². The van der Waals surface area contributed by atoms with E-state index in [0.29, 0.717) is 47.1 Å². The van der Waals surface area contributed by atoms with E-state index in [9.17, 15) is 4.79 Å². The fourth-order valence-electron chi connectivity index (χ4n) is 3.26. The molecule has 11 nitrogen and oxygen atoms in total. The highest BCUT2D eigenvalue weighted by molar-refractivity contribution is 6.35. The van der Waals surface area contributed by atoms with Crippen LogP contribution in [-0.4, -0.2) is 47.7 Å².